The van der Waals surface area contributed by atoms with Crippen LogP contribution in [0.25, 0.3) is 10.9 Å². The number of fused-ring (bicyclic) bond motifs is 1. The molecule has 1 fully saturated rings. The van der Waals surface area contributed by atoms with Gasteiger partial charge in [-0.3, -0.25) is 9.59 Å². The van der Waals surface area contributed by atoms with E-state index in [9.17, 15) is 18.0 Å². The quantitative estimate of drug-likeness (QED) is 0.570. The van der Waals surface area contributed by atoms with Gasteiger partial charge in [0.25, 0.3) is 0 Å². The minimum absolute atomic E-state index is 0.00374. The molecule has 0 unspecified atom stereocenters. The fraction of sp³-hybridized carbons (Fsp3) is 0.304. The van der Waals surface area contributed by atoms with Crippen LogP contribution in [0.15, 0.2) is 59.6 Å². The van der Waals surface area contributed by atoms with Crippen molar-refractivity contribution in [2.24, 2.45) is 0 Å². The Kier molecular flexibility index (Phi) is 6.26. The molecule has 0 aliphatic carbocycles. The fourth-order valence-corrected chi connectivity index (χ4v) is 5.69. The van der Waals surface area contributed by atoms with Gasteiger partial charge in [-0.1, -0.05) is 41.9 Å². The Hall–Kier alpha value is -2.84. The van der Waals surface area contributed by atoms with E-state index in [0.717, 1.165) is 0 Å². The van der Waals surface area contributed by atoms with Crippen molar-refractivity contribution in [2.75, 3.05) is 26.2 Å². The minimum Gasteiger partial charge on any atom is -0.339 e. The molecule has 1 aliphatic heterocycles. The van der Waals surface area contributed by atoms with Crippen LogP contribution in [-0.4, -0.2) is 60.8 Å². The van der Waals surface area contributed by atoms with Crippen LogP contribution >= 0.6 is 11.6 Å². The molecular formula is C23H24ClN3O4S. The van der Waals surface area contributed by atoms with Crippen LogP contribution < -0.4 is 0 Å². The van der Waals surface area contributed by atoms with Crippen LogP contribution in [0.2, 0.25) is 5.02 Å². The SMILES string of the molecule is CC(=O)N1CCN(C(=O)Cn2cc(S(=O)(=O)Cc3ccc(Cl)cc3)c3ccccc32)CC1. The molecule has 0 atom stereocenters. The highest BCUT2D eigenvalue weighted by Crippen LogP contribution is 2.28. The lowest BCUT2D eigenvalue weighted by Crippen LogP contribution is -2.50. The third-order valence-electron chi connectivity index (χ3n) is 5.74. The van der Waals surface area contributed by atoms with Gasteiger partial charge in [-0.2, -0.15) is 0 Å². The second-order valence-electron chi connectivity index (χ2n) is 7.91. The van der Waals surface area contributed by atoms with E-state index < -0.39 is 9.84 Å². The largest absolute Gasteiger partial charge is 0.339 e. The van der Waals surface area contributed by atoms with E-state index in [0.29, 0.717) is 47.7 Å². The number of hydrogen-bond acceptors (Lipinski definition) is 4. The van der Waals surface area contributed by atoms with Gasteiger partial charge in [-0.25, -0.2) is 8.42 Å². The summed E-state index contributed by atoms with van der Waals surface area (Å²) in [6.45, 7) is 3.52. The summed E-state index contributed by atoms with van der Waals surface area (Å²) in [4.78, 5) is 28.1. The second kappa shape index (κ2) is 8.96. The van der Waals surface area contributed by atoms with Gasteiger partial charge in [0.15, 0.2) is 9.84 Å². The number of benzene rings is 2. The second-order valence-corrected chi connectivity index (χ2v) is 10.3. The van der Waals surface area contributed by atoms with Crippen molar-refractivity contribution in [3.63, 3.8) is 0 Å². The molecule has 9 heteroatoms. The van der Waals surface area contributed by atoms with Crippen LogP contribution in [0.1, 0.15) is 12.5 Å². The van der Waals surface area contributed by atoms with Crippen molar-refractivity contribution in [3.8, 4) is 0 Å². The van der Waals surface area contributed by atoms with Gasteiger partial charge in [-0.15, -0.1) is 0 Å². The van der Waals surface area contributed by atoms with Crippen LogP contribution in [0.5, 0.6) is 0 Å². The summed E-state index contributed by atoms with van der Waals surface area (Å²) < 4.78 is 28.1. The van der Waals surface area contributed by atoms with E-state index in [1.54, 1.807) is 57.0 Å². The monoisotopic (exact) mass is 473 g/mol. The van der Waals surface area contributed by atoms with Gasteiger partial charge >= 0.3 is 0 Å². The van der Waals surface area contributed by atoms with Crippen LogP contribution in [-0.2, 0) is 31.7 Å². The number of rotatable bonds is 5. The lowest BCUT2D eigenvalue weighted by Gasteiger charge is -2.34. The summed E-state index contributed by atoms with van der Waals surface area (Å²) in [6.07, 6.45) is 1.56. The number of amides is 2. The van der Waals surface area contributed by atoms with Crippen molar-refractivity contribution in [2.45, 2.75) is 24.1 Å². The first-order valence-corrected chi connectivity index (χ1v) is 12.4. The first kappa shape index (κ1) is 22.4. The highest BCUT2D eigenvalue weighted by Gasteiger charge is 2.25. The number of para-hydroxylation sites is 1. The number of piperazine rings is 1. The number of halogens is 1. The van der Waals surface area contributed by atoms with Gasteiger partial charge in [0, 0.05) is 55.2 Å². The van der Waals surface area contributed by atoms with Crippen LogP contribution in [0.4, 0.5) is 0 Å². The standard InChI is InChI=1S/C23H24ClN3O4S/c1-17(28)25-10-12-26(13-11-25)23(29)15-27-14-22(20-4-2-3-5-21(20)27)32(30,31)16-18-6-8-19(24)9-7-18/h2-9,14H,10-13,15-16H2,1H3. The molecule has 168 valence electrons. The average molecular weight is 474 g/mol. The smallest absolute Gasteiger partial charge is 0.242 e. The van der Waals surface area contributed by atoms with E-state index in [4.69, 9.17) is 11.6 Å². The van der Waals surface area contributed by atoms with Crippen LogP contribution in [0, 0.1) is 0 Å². The molecule has 2 heterocycles. The topological polar surface area (TPSA) is 79.7 Å². The first-order chi connectivity index (χ1) is 15.2. The molecule has 1 aromatic heterocycles. The van der Waals surface area contributed by atoms with Crippen LogP contribution in [0.3, 0.4) is 0 Å². The molecular weight excluding hydrogens is 450 g/mol. The third-order valence-corrected chi connectivity index (χ3v) is 7.70. The van der Waals surface area contributed by atoms with Gasteiger partial charge in [0.2, 0.25) is 11.8 Å². The Morgan fingerprint density at radius 3 is 2.22 bits per heavy atom. The predicted molar refractivity (Wildman–Crippen MR) is 123 cm³/mol. The summed E-state index contributed by atoms with van der Waals surface area (Å²) in [5.41, 5.74) is 1.34. The van der Waals surface area contributed by atoms with Crippen molar-refractivity contribution in [1.82, 2.24) is 14.4 Å². The predicted octanol–water partition coefficient (Wildman–Crippen LogP) is 2.96. The number of hydrogen-bond donors (Lipinski definition) is 0. The molecule has 2 amide bonds. The number of aromatic nitrogens is 1. The summed E-state index contributed by atoms with van der Waals surface area (Å²) >= 11 is 5.91. The van der Waals surface area contributed by atoms with E-state index in [-0.39, 0.29) is 29.0 Å². The highest BCUT2D eigenvalue weighted by molar-refractivity contribution is 7.90. The Morgan fingerprint density at radius 1 is 0.938 bits per heavy atom. The molecule has 0 saturated carbocycles. The molecule has 0 spiro atoms. The number of nitrogens with zero attached hydrogens (tertiary/aromatic N) is 3. The first-order valence-electron chi connectivity index (χ1n) is 10.3. The molecule has 0 N–H and O–H groups in total. The van der Waals surface area contributed by atoms with E-state index >= 15 is 0 Å². The van der Waals surface area contributed by atoms with Gasteiger partial charge in [0.1, 0.15) is 6.54 Å². The number of carbonyl (C=O) groups excluding carboxylic acids is 2. The van der Waals surface area contributed by atoms with E-state index in [1.165, 1.54) is 6.92 Å². The molecule has 2 aromatic carbocycles. The summed E-state index contributed by atoms with van der Waals surface area (Å²) in [6, 6.07) is 13.9. The zero-order valence-electron chi connectivity index (χ0n) is 17.7. The van der Waals surface area contributed by atoms with Crippen molar-refractivity contribution in [3.05, 3.63) is 65.3 Å². The normalized spacial score (nSPS) is 14.7. The minimum atomic E-state index is -3.64. The zero-order valence-corrected chi connectivity index (χ0v) is 19.3. The lowest BCUT2D eigenvalue weighted by atomic mass is 10.2. The Balaban J connectivity index is 1.58. The van der Waals surface area contributed by atoms with E-state index in [1.807, 2.05) is 12.1 Å². The Labute approximate surface area is 192 Å². The lowest BCUT2D eigenvalue weighted by molar-refractivity contribution is -0.138. The molecule has 1 saturated heterocycles. The maximum absolute atomic E-state index is 13.2. The molecule has 0 radical (unpaired) electrons. The highest BCUT2D eigenvalue weighted by atomic mass is 35.5. The average Bonchev–Trinajstić information content (AvgIpc) is 3.15. The summed E-state index contributed by atoms with van der Waals surface area (Å²) in [7, 11) is -3.64. The summed E-state index contributed by atoms with van der Waals surface area (Å²) in [5.74, 6) is -0.251. The Bertz CT molecular complexity index is 1260. The maximum Gasteiger partial charge on any atom is 0.242 e. The molecule has 1 aliphatic rings. The third kappa shape index (κ3) is 4.66. The summed E-state index contributed by atoms with van der Waals surface area (Å²) in [5, 5.41) is 1.14. The fourth-order valence-electron chi connectivity index (χ4n) is 3.99. The van der Waals surface area contributed by atoms with Gasteiger partial charge in [-0.05, 0) is 23.8 Å². The van der Waals surface area contributed by atoms with E-state index in [2.05, 4.69) is 0 Å². The van der Waals surface area contributed by atoms with Crippen molar-refractivity contribution >= 4 is 44.2 Å². The zero-order chi connectivity index (χ0) is 22.9. The molecule has 32 heavy (non-hydrogen) atoms. The van der Waals surface area contributed by atoms with Crippen molar-refractivity contribution < 1.29 is 18.0 Å². The maximum atomic E-state index is 13.2. The number of carbonyl (C=O) groups is 2. The number of sulfone groups is 1. The Morgan fingerprint density at radius 2 is 1.56 bits per heavy atom. The van der Waals surface area contributed by atoms with Gasteiger partial charge in [0.05, 0.1) is 10.6 Å². The molecule has 3 aromatic rings. The molecule has 7 nitrogen and oxygen atoms in total. The molecule has 4 rings (SSSR count). The van der Waals surface area contributed by atoms with Gasteiger partial charge < -0.3 is 14.4 Å². The van der Waals surface area contributed by atoms with Crippen molar-refractivity contribution in [1.29, 1.82) is 0 Å². The molecule has 0 bridgehead atoms.